The lowest BCUT2D eigenvalue weighted by atomic mass is 10.0. The second kappa shape index (κ2) is 13.1. The summed E-state index contributed by atoms with van der Waals surface area (Å²) in [6.45, 7) is 8.89. The van der Waals surface area contributed by atoms with Gasteiger partial charge < -0.3 is 16.0 Å². The zero-order valence-electron chi connectivity index (χ0n) is 16.9. The Bertz CT molecular complexity index is 749. The van der Waals surface area contributed by atoms with Gasteiger partial charge in [0.25, 0.3) is 5.91 Å². The Labute approximate surface area is 185 Å². The lowest BCUT2D eigenvalue weighted by molar-refractivity contribution is 0.0955. The molecule has 1 amide bonds. The van der Waals surface area contributed by atoms with E-state index < -0.39 is 0 Å². The predicted octanol–water partition coefficient (Wildman–Crippen LogP) is 3.91. The fourth-order valence-corrected chi connectivity index (χ4v) is 2.73. The second-order valence-electron chi connectivity index (χ2n) is 6.45. The highest BCUT2D eigenvalue weighted by atomic mass is 127. The monoisotopic (exact) mass is 494 g/mol. The number of carbonyl (C=O) groups is 1. The number of benzene rings is 2. The van der Waals surface area contributed by atoms with Gasteiger partial charge in [-0.2, -0.15) is 0 Å². The van der Waals surface area contributed by atoms with Crippen LogP contribution in [0.4, 0.5) is 0 Å². The molecule has 0 heterocycles. The Morgan fingerprint density at radius 2 is 1.68 bits per heavy atom. The van der Waals surface area contributed by atoms with Crippen molar-refractivity contribution in [1.29, 1.82) is 0 Å². The number of rotatable bonds is 8. The van der Waals surface area contributed by atoms with Gasteiger partial charge in [-0.25, -0.2) is 4.99 Å². The number of nitrogens with zero attached hydrogens (tertiary/aromatic N) is 1. The molecule has 0 saturated heterocycles. The van der Waals surface area contributed by atoms with Gasteiger partial charge in [0.15, 0.2) is 5.96 Å². The third-order valence-corrected chi connectivity index (χ3v) is 4.23. The van der Waals surface area contributed by atoms with Gasteiger partial charge in [0.2, 0.25) is 0 Å². The van der Waals surface area contributed by atoms with E-state index in [1.54, 1.807) is 0 Å². The van der Waals surface area contributed by atoms with Crippen LogP contribution in [-0.4, -0.2) is 31.5 Å². The first-order valence-electron chi connectivity index (χ1n) is 9.58. The zero-order valence-corrected chi connectivity index (χ0v) is 19.2. The van der Waals surface area contributed by atoms with Crippen LogP contribution in [0.2, 0.25) is 0 Å². The summed E-state index contributed by atoms with van der Waals surface area (Å²) < 4.78 is 0. The Morgan fingerprint density at radius 1 is 0.964 bits per heavy atom. The van der Waals surface area contributed by atoms with E-state index in [0.29, 0.717) is 24.6 Å². The molecule has 0 aromatic heterocycles. The standard InChI is InChI=1S/C22H30N4O.HI/c1-4-23-21(27)20-13-9-10-18(14-20)16-26-22(24-5-2)25-15-17(3)19-11-7-6-8-12-19;/h6-14,17H,4-5,15-16H2,1-3H3,(H,23,27)(H2,24,25,26);1H. The number of nitrogens with one attached hydrogen (secondary N) is 3. The highest BCUT2D eigenvalue weighted by Gasteiger charge is 2.07. The quantitative estimate of drug-likeness (QED) is 0.296. The Balaban J connectivity index is 0.00000392. The first-order valence-corrected chi connectivity index (χ1v) is 9.58. The summed E-state index contributed by atoms with van der Waals surface area (Å²) in [5.41, 5.74) is 2.97. The van der Waals surface area contributed by atoms with Crippen molar-refractivity contribution in [2.75, 3.05) is 19.6 Å². The molecule has 0 aliphatic carbocycles. The molecule has 5 nitrogen and oxygen atoms in total. The van der Waals surface area contributed by atoms with E-state index in [1.165, 1.54) is 5.56 Å². The van der Waals surface area contributed by atoms with Crippen LogP contribution in [0.3, 0.4) is 0 Å². The number of amides is 1. The van der Waals surface area contributed by atoms with E-state index in [0.717, 1.165) is 24.6 Å². The van der Waals surface area contributed by atoms with Gasteiger partial charge in [0, 0.05) is 25.2 Å². The zero-order chi connectivity index (χ0) is 19.5. The maximum atomic E-state index is 12.0. The van der Waals surface area contributed by atoms with Crippen LogP contribution >= 0.6 is 24.0 Å². The van der Waals surface area contributed by atoms with Gasteiger partial charge in [-0.15, -0.1) is 24.0 Å². The average Bonchev–Trinajstić information content (AvgIpc) is 2.71. The Hall–Kier alpha value is -2.09. The van der Waals surface area contributed by atoms with Crippen molar-refractivity contribution in [3.05, 3.63) is 71.3 Å². The molecule has 6 heteroatoms. The maximum absolute atomic E-state index is 12.0. The van der Waals surface area contributed by atoms with Gasteiger partial charge in [-0.3, -0.25) is 4.79 Å². The molecule has 0 spiro atoms. The minimum atomic E-state index is -0.0509. The molecular weight excluding hydrogens is 463 g/mol. The van der Waals surface area contributed by atoms with Crippen molar-refractivity contribution in [1.82, 2.24) is 16.0 Å². The summed E-state index contributed by atoms with van der Waals surface area (Å²) in [5.74, 6) is 1.12. The molecule has 2 rings (SSSR count). The van der Waals surface area contributed by atoms with E-state index in [2.05, 4.69) is 52.1 Å². The number of halogens is 1. The van der Waals surface area contributed by atoms with E-state index in [-0.39, 0.29) is 29.9 Å². The van der Waals surface area contributed by atoms with Gasteiger partial charge in [-0.1, -0.05) is 49.4 Å². The summed E-state index contributed by atoms with van der Waals surface area (Å²) in [6, 6.07) is 18.0. The van der Waals surface area contributed by atoms with Gasteiger partial charge in [0.05, 0.1) is 6.54 Å². The highest BCUT2D eigenvalue weighted by molar-refractivity contribution is 14.0. The maximum Gasteiger partial charge on any atom is 0.251 e. The third kappa shape index (κ3) is 7.88. The lowest BCUT2D eigenvalue weighted by Gasteiger charge is -2.16. The van der Waals surface area contributed by atoms with Gasteiger partial charge in [0.1, 0.15) is 0 Å². The Morgan fingerprint density at radius 3 is 2.36 bits per heavy atom. The molecule has 0 aliphatic rings. The molecule has 0 radical (unpaired) electrons. The van der Waals surface area contributed by atoms with Crippen LogP contribution in [-0.2, 0) is 6.54 Å². The van der Waals surface area contributed by atoms with Crippen molar-refractivity contribution in [3.8, 4) is 0 Å². The average molecular weight is 494 g/mol. The van der Waals surface area contributed by atoms with E-state index in [4.69, 9.17) is 0 Å². The molecule has 1 unspecified atom stereocenters. The normalized spacial score (nSPS) is 11.9. The minimum Gasteiger partial charge on any atom is -0.357 e. The summed E-state index contributed by atoms with van der Waals surface area (Å²) >= 11 is 0. The first-order chi connectivity index (χ1) is 13.1. The van der Waals surface area contributed by atoms with Crippen LogP contribution in [0, 0.1) is 0 Å². The molecule has 2 aromatic carbocycles. The van der Waals surface area contributed by atoms with E-state index in [9.17, 15) is 4.79 Å². The topological polar surface area (TPSA) is 65.5 Å². The molecule has 1 atom stereocenters. The summed E-state index contributed by atoms with van der Waals surface area (Å²) in [6.07, 6.45) is 0. The molecule has 28 heavy (non-hydrogen) atoms. The fourth-order valence-electron chi connectivity index (χ4n) is 2.73. The molecule has 152 valence electrons. The first kappa shape index (κ1) is 23.9. The number of guanidine groups is 1. The van der Waals surface area contributed by atoms with E-state index >= 15 is 0 Å². The molecule has 0 fully saturated rings. The second-order valence-corrected chi connectivity index (χ2v) is 6.45. The number of carbonyl (C=O) groups excluding carboxylic acids is 1. The van der Waals surface area contributed by atoms with Crippen molar-refractivity contribution in [2.45, 2.75) is 33.2 Å². The summed E-state index contributed by atoms with van der Waals surface area (Å²) in [7, 11) is 0. The minimum absolute atomic E-state index is 0. The Kier molecular flexibility index (Phi) is 11.2. The highest BCUT2D eigenvalue weighted by Crippen LogP contribution is 2.13. The predicted molar refractivity (Wildman–Crippen MR) is 128 cm³/mol. The van der Waals surface area contributed by atoms with Crippen LogP contribution in [0.5, 0.6) is 0 Å². The molecule has 0 aliphatic heterocycles. The smallest absolute Gasteiger partial charge is 0.251 e. The third-order valence-electron chi connectivity index (χ3n) is 4.23. The fraction of sp³-hybridized carbons (Fsp3) is 0.364. The number of aliphatic imine (C=N–C) groups is 1. The van der Waals surface area contributed by atoms with Crippen molar-refractivity contribution >= 4 is 35.8 Å². The van der Waals surface area contributed by atoms with Crippen LogP contribution in [0.1, 0.15) is 48.2 Å². The van der Waals surface area contributed by atoms with Crippen LogP contribution < -0.4 is 16.0 Å². The van der Waals surface area contributed by atoms with Crippen molar-refractivity contribution in [2.24, 2.45) is 4.99 Å². The van der Waals surface area contributed by atoms with Gasteiger partial charge >= 0.3 is 0 Å². The number of hydrogen-bond donors (Lipinski definition) is 3. The SMILES string of the molecule is CCNC(=O)c1cccc(CN=C(NCC)NCC(C)c2ccccc2)c1.I. The largest absolute Gasteiger partial charge is 0.357 e. The lowest BCUT2D eigenvalue weighted by Crippen LogP contribution is -2.39. The molecule has 0 bridgehead atoms. The number of hydrogen-bond acceptors (Lipinski definition) is 2. The van der Waals surface area contributed by atoms with Crippen molar-refractivity contribution in [3.63, 3.8) is 0 Å². The van der Waals surface area contributed by atoms with E-state index in [1.807, 2.05) is 44.2 Å². The molecular formula is C22H31IN4O. The summed E-state index contributed by atoms with van der Waals surface area (Å²) in [5, 5.41) is 9.51. The van der Waals surface area contributed by atoms with Crippen LogP contribution in [0.25, 0.3) is 0 Å². The molecule has 0 saturated carbocycles. The van der Waals surface area contributed by atoms with Gasteiger partial charge in [-0.05, 0) is 43.0 Å². The van der Waals surface area contributed by atoms with Crippen LogP contribution in [0.15, 0.2) is 59.6 Å². The molecule has 2 aromatic rings. The molecule has 3 N–H and O–H groups in total. The van der Waals surface area contributed by atoms with Crippen molar-refractivity contribution < 1.29 is 4.79 Å². The summed E-state index contributed by atoms with van der Waals surface area (Å²) in [4.78, 5) is 16.6.